The molecule has 26 heavy (non-hydrogen) atoms. The summed E-state index contributed by atoms with van der Waals surface area (Å²) in [6.45, 7) is 2.73. The molecule has 1 aromatic heterocycles. The van der Waals surface area contributed by atoms with Gasteiger partial charge in [0.05, 0.1) is 14.2 Å². The highest BCUT2D eigenvalue weighted by Gasteiger charge is 2.36. The zero-order chi connectivity index (χ0) is 18.7. The minimum atomic E-state index is 0.0839. The molecule has 140 valence electrons. The maximum absolute atomic E-state index is 12.5. The van der Waals surface area contributed by atoms with Gasteiger partial charge in [-0.25, -0.2) is 0 Å². The smallest absolute Gasteiger partial charge is 0.223 e. The second kappa shape index (κ2) is 7.85. The molecule has 1 amide bonds. The third-order valence-electron chi connectivity index (χ3n) is 5.07. The van der Waals surface area contributed by atoms with Crippen molar-refractivity contribution >= 4 is 5.91 Å². The Kier molecular flexibility index (Phi) is 5.55. The lowest BCUT2D eigenvalue weighted by Gasteiger charge is -2.19. The lowest BCUT2D eigenvalue weighted by Crippen LogP contribution is -2.26. The summed E-state index contributed by atoms with van der Waals surface area (Å²) >= 11 is 0. The van der Waals surface area contributed by atoms with Crippen molar-refractivity contribution in [1.82, 2.24) is 4.90 Å². The number of carbonyl (C=O) groups is 1. The van der Waals surface area contributed by atoms with Crippen LogP contribution in [0.15, 0.2) is 34.7 Å². The number of hydrogen-bond acceptors (Lipinski definition) is 4. The molecule has 2 unspecified atom stereocenters. The molecule has 2 atom stereocenters. The Morgan fingerprint density at radius 3 is 2.65 bits per heavy atom. The topological polar surface area (TPSA) is 51.9 Å². The summed E-state index contributed by atoms with van der Waals surface area (Å²) in [7, 11) is 5.05. The van der Waals surface area contributed by atoms with E-state index in [-0.39, 0.29) is 5.91 Å². The quantitative estimate of drug-likeness (QED) is 0.716. The van der Waals surface area contributed by atoms with Gasteiger partial charge in [-0.05, 0) is 36.6 Å². The maximum atomic E-state index is 12.5. The van der Waals surface area contributed by atoms with Crippen LogP contribution in [0.25, 0.3) is 0 Å². The molecule has 1 aromatic carbocycles. The fraction of sp³-hybridized carbons (Fsp3) is 0.476. The first kappa shape index (κ1) is 18.4. The first-order valence-corrected chi connectivity index (χ1v) is 9.05. The van der Waals surface area contributed by atoms with E-state index < -0.39 is 0 Å². The number of nitrogens with zero attached hydrogens (tertiary/aromatic N) is 1. The highest BCUT2D eigenvalue weighted by molar-refractivity contribution is 5.76. The van der Waals surface area contributed by atoms with Gasteiger partial charge in [-0.3, -0.25) is 4.79 Å². The van der Waals surface area contributed by atoms with Gasteiger partial charge >= 0.3 is 0 Å². The molecule has 5 heteroatoms. The predicted molar refractivity (Wildman–Crippen MR) is 99.6 cm³/mol. The van der Waals surface area contributed by atoms with Crippen molar-refractivity contribution in [2.45, 2.75) is 38.6 Å². The minimum Gasteiger partial charge on any atom is -0.497 e. The Bertz CT molecular complexity index is 767. The van der Waals surface area contributed by atoms with Crippen LogP contribution in [0.5, 0.6) is 11.5 Å². The van der Waals surface area contributed by atoms with Crippen molar-refractivity contribution in [3.63, 3.8) is 0 Å². The van der Waals surface area contributed by atoms with Crippen molar-refractivity contribution in [2.75, 3.05) is 21.3 Å². The Balaban J connectivity index is 1.54. The minimum absolute atomic E-state index is 0.0839. The van der Waals surface area contributed by atoms with Crippen molar-refractivity contribution < 1.29 is 18.7 Å². The van der Waals surface area contributed by atoms with Gasteiger partial charge in [0.15, 0.2) is 0 Å². The van der Waals surface area contributed by atoms with E-state index in [2.05, 4.69) is 13.0 Å². The summed E-state index contributed by atoms with van der Waals surface area (Å²) in [6.07, 6.45) is 2.27. The van der Waals surface area contributed by atoms with Gasteiger partial charge in [0.1, 0.15) is 23.0 Å². The molecule has 0 bridgehead atoms. The summed E-state index contributed by atoms with van der Waals surface area (Å²) in [5.41, 5.74) is 0.951. The molecule has 0 radical (unpaired) electrons. The van der Waals surface area contributed by atoms with Crippen LogP contribution in [-0.4, -0.2) is 32.1 Å². The Morgan fingerprint density at radius 1 is 1.23 bits per heavy atom. The number of ether oxygens (including phenoxy) is 2. The number of benzene rings is 1. The molecule has 1 aliphatic rings. The maximum Gasteiger partial charge on any atom is 0.223 e. The SMILES string of the molecule is COc1ccc(CN(C)C(=O)CCc2ccc(C3CC3C)o2)c(OC)c1. The fourth-order valence-corrected chi connectivity index (χ4v) is 3.19. The second-order valence-corrected chi connectivity index (χ2v) is 7.05. The molecule has 0 N–H and O–H groups in total. The first-order chi connectivity index (χ1) is 12.5. The molecular weight excluding hydrogens is 330 g/mol. The number of furan rings is 1. The van der Waals surface area contributed by atoms with E-state index >= 15 is 0 Å². The zero-order valence-corrected chi connectivity index (χ0v) is 16.0. The average molecular weight is 357 g/mol. The predicted octanol–water partition coefficient (Wildman–Crippen LogP) is 4.01. The average Bonchev–Trinajstić information content (AvgIpc) is 3.19. The summed E-state index contributed by atoms with van der Waals surface area (Å²) in [6, 6.07) is 9.69. The summed E-state index contributed by atoms with van der Waals surface area (Å²) in [5.74, 6) is 4.79. The van der Waals surface area contributed by atoms with Gasteiger partial charge < -0.3 is 18.8 Å². The molecule has 0 aliphatic heterocycles. The number of methoxy groups -OCH3 is 2. The van der Waals surface area contributed by atoms with Gasteiger partial charge in [0.2, 0.25) is 5.91 Å². The van der Waals surface area contributed by atoms with Crippen LogP contribution in [-0.2, 0) is 17.8 Å². The summed E-state index contributed by atoms with van der Waals surface area (Å²) in [4.78, 5) is 14.2. The third kappa shape index (κ3) is 4.21. The Hall–Kier alpha value is -2.43. The molecule has 0 saturated heterocycles. The van der Waals surface area contributed by atoms with E-state index in [1.165, 1.54) is 6.42 Å². The lowest BCUT2D eigenvalue weighted by molar-refractivity contribution is -0.130. The van der Waals surface area contributed by atoms with E-state index in [4.69, 9.17) is 13.9 Å². The molecule has 0 spiro atoms. The van der Waals surface area contributed by atoms with Crippen LogP contribution in [0, 0.1) is 5.92 Å². The molecule has 1 saturated carbocycles. The number of hydrogen-bond donors (Lipinski definition) is 0. The first-order valence-electron chi connectivity index (χ1n) is 9.05. The van der Waals surface area contributed by atoms with Gasteiger partial charge in [-0.15, -0.1) is 0 Å². The zero-order valence-electron chi connectivity index (χ0n) is 16.0. The van der Waals surface area contributed by atoms with E-state index in [0.717, 1.165) is 34.5 Å². The van der Waals surface area contributed by atoms with E-state index in [1.807, 2.05) is 31.3 Å². The molecule has 1 heterocycles. The van der Waals surface area contributed by atoms with Gasteiger partial charge in [0, 0.05) is 44.0 Å². The Morgan fingerprint density at radius 2 is 2.00 bits per heavy atom. The largest absolute Gasteiger partial charge is 0.497 e. The third-order valence-corrected chi connectivity index (χ3v) is 5.07. The standard InChI is InChI=1S/C21H27NO4/c1-14-11-18(14)19-9-7-16(26-19)8-10-21(23)22(2)13-15-5-6-17(24-3)12-20(15)25-4/h5-7,9,12,14,18H,8,10-11,13H2,1-4H3. The van der Waals surface area contributed by atoms with E-state index in [1.54, 1.807) is 19.1 Å². The van der Waals surface area contributed by atoms with Crippen LogP contribution in [0.2, 0.25) is 0 Å². The van der Waals surface area contributed by atoms with Gasteiger partial charge in [0.25, 0.3) is 0 Å². The molecule has 3 rings (SSSR count). The van der Waals surface area contributed by atoms with Crippen LogP contribution in [0.4, 0.5) is 0 Å². The highest BCUT2D eigenvalue weighted by Crippen LogP contribution is 2.47. The molecular formula is C21H27NO4. The van der Waals surface area contributed by atoms with Crippen LogP contribution in [0.1, 0.15) is 42.8 Å². The van der Waals surface area contributed by atoms with Crippen molar-refractivity contribution in [3.8, 4) is 11.5 Å². The fourth-order valence-electron chi connectivity index (χ4n) is 3.19. The summed E-state index contributed by atoms with van der Waals surface area (Å²) in [5, 5.41) is 0. The monoisotopic (exact) mass is 357 g/mol. The molecule has 5 nitrogen and oxygen atoms in total. The number of aryl methyl sites for hydroxylation is 1. The van der Waals surface area contributed by atoms with Crippen molar-refractivity contribution in [3.05, 3.63) is 47.4 Å². The van der Waals surface area contributed by atoms with Crippen molar-refractivity contribution in [2.24, 2.45) is 5.92 Å². The number of amides is 1. The number of carbonyl (C=O) groups excluding carboxylic acids is 1. The summed E-state index contributed by atoms with van der Waals surface area (Å²) < 4.78 is 16.5. The molecule has 1 fully saturated rings. The lowest BCUT2D eigenvalue weighted by atomic mass is 10.1. The number of rotatable bonds is 8. The normalized spacial score (nSPS) is 18.5. The van der Waals surface area contributed by atoms with E-state index in [9.17, 15) is 4.79 Å². The van der Waals surface area contributed by atoms with Crippen LogP contribution < -0.4 is 9.47 Å². The van der Waals surface area contributed by atoms with Crippen molar-refractivity contribution in [1.29, 1.82) is 0 Å². The van der Waals surface area contributed by atoms with E-state index in [0.29, 0.717) is 25.3 Å². The van der Waals surface area contributed by atoms with Crippen LogP contribution >= 0.6 is 0 Å². The van der Waals surface area contributed by atoms with Gasteiger partial charge in [-0.1, -0.05) is 6.92 Å². The van der Waals surface area contributed by atoms with Crippen LogP contribution in [0.3, 0.4) is 0 Å². The highest BCUT2D eigenvalue weighted by atomic mass is 16.5. The molecule has 1 aliphatic carbocycles. The molecule has 2 aromatic rings. The second-order valence-electron chi connectivity index (χ2n) is 7.05. The Labute approximate surface area is 154 Å². The van der Waals surface area contributed by atoms with Gasteiger partial charge in [-0.2, -0.15) is 0 Å².